The maximum atomic E-state index is 12.3. The van der Waals surface area contributed by atoms with Crippen LogP contribution in [0.4, 0.5) is 18.9 Å². The van der Waals surface area contributed by atoms with Gasteiger partial charge in [0.25, 0.3) is 0 Å². The van der Waals surface area contributed by atoms with Crippen molar-refractivity contribution >= 4 is 5.69 Å². The highest BCUT2D eigenvalue weighted by molar-refractivity contribution is 5.46. The minimum Gasteiger partial charge on any atom is -0.378 e. The molecule has 1 unspecified atom stereocenters. The van der Waals surface area contributed by atoms with E-state index < -0.39 is 18.4 Å². The Hall–Kier alpha value is -1.23. The molecular formula is C15H22F3NO. The predicted octanol–water partition coefficient (Wildman–Crippen LogP) is 4.21. The summed E-state index contributed by atoms with van der Waals surface area (Å²) in [5.41, 5.74) is 1.13. The minimum absolute atomic E-state index is 0.138. The number of halogens is 3. The van der Waals surface area contributed by atoms with Crippen molar-refractivity contribution in [2.24, 2.45) is 0 Å². The summed E-state index contributed by atoms with van der Waals surface area (Å²) in [5, 5.41) is 0. The van der Waals surface area contributed by atoms with E-state index >= 15 is 0 Å². The Balaban J connectivity index is 2.79. The molecule has 0 N–H and O–H groups in total. The topological polar surface area (TPSA) is 12.5 Å². The molecule has 2 nitrogen and oxygen atoms in total. The second kappa shape index (κ2) is 6.04. The number of anilines is 1. The normalized spacial score (nSPS) is 14.2. The molecule has 114 valence electrons. The summed E-state index contributed by atoms with van der Waals surface area (Å²) in [6, 6.07) is 7.76. The van der Waals surface area contributed by atoms with E-state index in [9.17, 15) is 13.2 Å². The fourth-order valence-corrected chi connectivity index (χ4v) is 1.86. The maximum absolute atomic E-state index is 12.3. The fourth-order valence-electron chi connectivity index (χ4n) is 1.86. The first kappa shape index (κ1) is 16.8. The third kappa shape index (κ3) is 4.71. The lowest BCUT2D eigenvalue weighted by Gasteiger charge is -2.33. The quantitative estimate of drug-likeness (QED) is 0.805. The van der Waals surface area contributed by atoms with Gasteiger partial charge >= 0.3 is 6.18 Å². The standard InChI is InChI=1S/C15H22F3NO/c1-11(14(2,3)20-10-15(16,17)18)12-6-8-13(9-7-12)19(4)5/h6-9,11H,10H2,1-5H3. The van der Waals surface area contributed by atoms with Crippen LogP contribution in [0.25, 0.3) is 0 Å². The number of ether oxygens (including phenoxy) is 1. The molecule has 0 spiro atoms. The molecule has 0 radical (unpaired) electrons. The average molecular weight is 289 g/mol. The van der Waals surface area contributed by atoms with Crippen LogP contribution >= 0.6 is 0 Å². The molecule has 0 aliphatic heterocycles. The van der Waals surface area contributed by atoms with Gasteiger partial charge in [-0.25, -0.2) is 0 Å². The molecule has 1 aromatic rings. The average Bonchev–Trinajstić information content (AvgIpc) is 2.35. The largest absolute Gasteiger partial charge is 0.411 e. The zero-order valence-corrected chi connectivity index (χ0v) is 12.6. The summed E-state index contributed by atoms with van der Waals surface area (Å²) < 4.78 is 41.8. The zero-order chi connectivity index (χ0) is 15.6. The van der Waals surface area contributed by atoms with Crippen LogP contribution in [-0.4, -0.2) is 32.5 Å². The predicted molar refractivity (Wildman–Crippen MR) is 75.3 cm³/mol. The van der Waals surface area contributed by atoms with Crippen LogP contribution in [0.5, 0.6) is 0 Å². The van der Waals surface area contributed by atoms with Crippen LogP contribution in [0.15, 0.2) is 24.3 Å². The van der Waals surface area contributed by atoms with Crippen LogP contribution in [0.1, 0.15) is 32.3 Å². The number of alkyl halides is 3. The van der Waals surface area contributed by atoms with Crippen molar-refractivity contribution in [3.63, 3.8) is 0 Å². The molecule has 0 aliphatic carbocycles. The van der Waals surface area contributed by atoms with Gasteiger partial charge in [-0.05, 0) is 31.5 Å². The highest BCUT2D eigenvalue weighted by Crippen LogP contribution is 2.33. The van der Waals surface area contributed by atoms with E-state index in [0.717, 1.165) is 11.3 Å². The van der Waals surface area contributed by atoms with Crippen molar-refractivity contribution in [2.75, 3.05) is 25.6 Å². The van der Waals surface area contributed by atoms with E-state index in [1.807, 2.05) is 50.2 Å². The van der Waals surface area contributed by atoms with Crippen molar-refractivity contribution in [1.82, 2.24) is 0 Å². The van der Waals surface area contributed by atoms with Crippen LogP contribution in [0, 0.1) is 0 Å². The Bertz CT molecular complexity index is 424. The lowest BCUT2D eigenvalue weighted by Crippen LogP contribution is -2.35. The van der Waals surface area contributed by atoms with E-state index in [1.165, 1.54) is 0 Å². The molecule has 20 heavy (non-hydrogen) atoms. The Morgan fingerprint density at radius 2 is 1.60 bits per heavy atom. The summed E-state index contributed by atoms with van der Waals surface area (Å²) in [4.78, 5) is 1.97. The summed E-state index contributed by atoms with van der Waals surface area (Å²) >= 11 is 0. The Morgan fingerprint density at radius 1 is 1.10 bits per heavy atom. The highest BCUT2D eigenvalue weighted by Gasteiger charge is 2.35. The molecule has 0 amide bonds. The molecular weight excluding hydrogens is 267 g/mol. The molecule has 5 heteroatoms. The number of hydrogen-bond donors (Lipinski definition) is 0. The monoisotopic (exact) mass is 289 g/mol. The number of rotatable bonds is 5. The van der Waals surface area contributed by atoms with Crippen LogP contribution in [0.3, 0.4) is 0 Å². The summed E-state index contributed by atoms with van der Waals surface area (Å²) in [6.45, 7) is 4.02. The van der Waals surface area contributed by atoms with Crippen LogP contribution in [-0.2, 0) is 4.74 Å². The third-order valence-corrected chi connectivity index (χ3v) is 3.56. The molecule has 0 saturated carbocycles. The van der Waals surface area contributed by atoms with Gasteiger partial charge in [0.1, 0.15) is 6.61 Å². The van der Waals surface area contributed by atoms with Crippen molar-refractivity contribution in [3.05, 3.63) is 29.8 Å². The van der Waals surface area contributed by atoms with Crippen LogP contribution < -0.4 is 4.90 Å². The van der Waals surface area contributed by atoms with Gasteiger partial charge in [0, 0.05) is 25.7 Å². The first-order chi connectivity index (χ1) is 9.03. The molecule has 0 fully saturated rings. The SMILES string of the molecule is CC(c1ccc(N(C)C)cc1)C(C)(C)OCC(F)(F)F. The van der Waals surface area contributed by atoms with E-state index in [0.29, 0.717) is 0 Å². The smallest absolute Gasteiger partial charge is 0.378 e. The molecule has 0 bridgehead atoms. The maximum Gasteiger partial charge on any atom is 0.411 e. The second-order valence-electron chi connectivity index (χ2n) is 5.71. The Morgan fingerprint density at radius 3 is 2.00 bits per heavy atom. The van der Waals surface area contributed by atoms with E-state index in [2.05, 4.69) is 0 Å². The minimum atomic E-state index is -4.30. The van der Waals surface area contributed by atoms with Gasteiger partial charge in [0.2, 0.25) is 0 Å². The molecule has 1 aromatic carbocycles. The number of benzene rings is 1. The molecule has 0 saturated heterocycles. The Labute approximate surface area is 118 Å². The lowest BCUT2D eigenvalue weighted by atomic mass is 9.86. The van der Waals surface area contributed by atoms with E-state index in [1.54, 1.807) is 13.8 Å². The van der Waals surface area contributed by atoms with E-state index in [-0.39, 0.29) is 5.92 Å². The van der Waals surface area contributed by atoms with Gasteiger partial charge in [-0.3, -0.25) is 0 Å². The van der Waals surface area contributed by atoms with Gasteiger partial charge < -0.3 is 9.64 Å². The van der Waals surface area contributed by atoms with Crippen molar-refractivity contribution in [1.29, 1.82) is 0 Å². The molecule has 0 aromatic heterocycles. The van der Waals surface area contributed by atoms with Gasteiger partial charge in [0.05, 0.1) is 5.60 Å². The summed E-state index contributed by atoms with van der Waals surface area (Å²) in [5.74, 6) is -0.138. The van der Waals surface area contributed by atoms with Gasteiger partial charge in [0.15, 0.2) is 0 Å². The van der Waals surface area contributed by atoms with Gasteiger partial charge in [-0.1, -0.05) is 19.1 Å². The summed E-state index contributed by atoms with van der Waals surface area (Å²) in [7, 11) is 3.88. The molecule has 1 rings (SSSR count). The van der Waals surface area contributed by atoms with Crippen molar-refractivity contribution in [3.8, 4) is 0 Å². The van der Waals surface area contributed by atoms with Crippen molar-refractivity contribution in [2.45, 2.75) is 38.5 Å². The van der Waals surface area contributed by atoms with Crippen LogP contribution in [0.2, 0.25) is 0 Å². The summed E-state index contributed by atoms with van der Waals surface area (Å²) in [6.07, 6.45) is -4.30. The Kier molecular flexibility index (Phi) is 5.08. The number of nitrogens with zero attached hydrogens (tertiary/aromatic N) is 1. The van der Waals surface area contributed by atoms with Gasteiger partial charge in [-0.2, -0.15) is 13.2 Å². The molecule has 0 aliphatic rings. The fraction of sp³-hybridized carbons (Fsp3) is 0.600. The second-order valence-corrected chi connectivity index (χ2v) is 5.71. The molecule has 0 heterocycles. The van der Waals surface area contributed by atoms with Gasteiger partial charge in [-0.15, -0.1) is 0 Å². The zero-order valence-electron chi connectivity index (χ0n) is 12.6. The third-order valence-electron chi connectivity index (χ3n) is 3.56. The first-order valence-electron chi connectivity index (χ1n) is 6.51. The molecule has 1 atom stereocenters. The first-order valence-corrected chi connectivity index (χ1v) is 6.51. The van der Waals surface area contributed by atoms with E-state index in [4.69, 9.17) is 4.74 Å². The lowest BCUT2D eigenvalue weighted by molar-refractivity contribution is -0.202. The highest BCUT2D eigenvalue weighted by atomic mass is 19.4. The number of hydrogen-bond acceptors (Lipinski definition) is 2. The van der Waals surface area contributed by atoms with Crippen molar-refractivity contribution < 1.29 is 17.9 Å².